The maximum atomic E-state index is 12.9. The van der Waals surface area contributed by atoms with Gasteiger partial charge in [0.05, 0.1) is 22.5 Å². The summed E-state index contributed by atoms with van der Waals surface area (Å²) in [6.45, 7) is 1.91. The van der Waals surface area contributed by atoms with Gasteiger partial charge in [0.2, 0.25) is 0 Å². The summed E-state index contributed by atoms with van der Waals surface area (Å²) in [5.74, 6) is -0.510. The zero-order valence-corrected chi connectivity index (χ0v) is 16.3. The van der Waals surface area contributed by atoms with Crippen LogP contribution >= 0.6 is 0 Å². The topological polar surface area (TPSA) is 105 Å². The molecule has 1 saturated carbocycles. The number of imide groups is 1. The van der Waals surface area contributed by atoms with Crippen LogP contribution in [0.15, 0.2) is 36.4 Å². The zero-order valence-electron chi connectivity index (χ0n) is 16.3. The van der Waals surface area contributed by atoms with Crippen LogP contribution in [0, 0.1) is 6.92 Å². The fraction of sp³-hybridized carbons (Fsp3) is 0.318. The average Bonchev–Trinajstić information content (AvgIpc) is 2.95. The summed E-state index contributed by atoms with van der Waals surface area (Å²) in [6, 6.07) is 9.68. The molecule has 1 aliphatic carbocycles. The minimum atomic E-state index is -0.469. The highest BCUT2D eigenvalue weighted by Gasteiger charge is 2.40. The molecule has 1 aliphatic heterocycles. The molecule has 0 aromatic heterocycles. The van der Waals surface area contributed by atoms with Gasteiger partial charge in [0.1, 0.15) is 0 Å². The van der Waals surface area contributed by atoms with Gasteiger partial charge in [-0.2, -0.15) is 0 Å². The largest absolute Gasteiger partial charge is 0.397 e. The number of nitrogens with one attached hydrogen (secondary N) is 2. The first-order chi connectivity index (χ1) is 13.9. The van der Waals surface area contributed by atoms with Crippen LogP contribution in [0.5, 0.6) is 0 Å². The van der Waals surface area contributed by atoms with Crippen molar-refractivity contribution in [3.05, 3.63) is 53.1 Å². The number of fused-ring (bicyclic) bond motifs is 1. The molecule has 0 unspecified atom stereocenters. The van der Waals surface area contributed by atoms with E-state index in [9.17, 15) is 14.4 Å². The maximum Gasteiger partial charge on any atom is 0.323 e. The van der Waals surface area contributed by atoms with Crippen LogP contribution in [-0.2, 0) is 0 Å². The van der Waals surface area contributed by atoms with Crippen molar-refractivity contribution >= 4 is 34.9 Å². The lowest BCUT2D eigenvalue weighted by Gasteiger charge is -2.29. The van der Waals surface area contributed by atoms with E-state index >= 15 is 0 Å². The van der Waals surface area contributed by atoms with Gasteiger partial charge in [-0.1, -0.05) is 25.3 Å². The summed E-state index contributed by atoms with van der Waals surface area (Å²) in [5.41, 5.74) is 9.02. The Balaban J connectivity index is 1.50. The Morgan fingerprint density at radius 1 is 0.966 bits per heavy atom. The Morgan fingerprint density at radius 3 is 2.45 bits per heavy atom. The summed E-state index contributed by atoms with van der Waals surface area (Å²) in [7, 11) is 0. The molecular weight excluding hydrogens is 368 g/mol. The van der Waals surface area contributed by atoms with Gasteiger partial charge in [0.25, 0.3) is 11.8 Å². The molecule has 0 saturated heterocycles. The van der Waals surface area contributed by atoms with Gasteiger partial charge in [-0.25, -0.2) is 4.79 Å². The van der Waals surface area contributed by atoms with E-state index in [-0.39, 0.29) is 17.9 Å². The van der Waals surface area contributed by atoms with E-state index in [1.807, 2.05) is 13.0 Å². The summed E-state index contributed by atoms with van der Waals surface area (Å²) in [4.78, 5) is 39.4. The number of nitrogens with zero attached hydrogens (tertiary/aromatic N) is 1. The van der Waals surface area contributed by atoms with Crippen molar-refractivity contribution < 1.29 is 14.4 Å². The Labute approximate surface area is 169 Å². The molecule has 1 fully saturated rings. The predicted octanol–water partition coefficient (Wildman–Crippen LogP) is 4.15. The molecule has 2 aliphatic rings. The van der Waals surface area contributed by atoms with Crippen molar-refractivity contribution in [1.29, 1.82) is 0 Å². The Morgan fingerprint density at radius 2 is 1.69 bits per heavy atom. The normalized spacial score (nSPS) is 16.7. The monoisotopic (exact) mass is 392 g/mol. The summed E-state index contributed by atoms with van der Waals surface area (Å²) < 4.78 is 0. The molecule has 0 spiro atoms. The summed E-state index contributed by atoms with van der Waals surface area (Å²) in [5, 5.41) is 5.42. The van der Waals surface area contributed by atoms with Crippen molar-refractivity contribution in [3.8, 4) is 0 Å². The SMILES string of the molecule is Cc1ccc(N)c(NC(=O)Nc2ccc3c(c2)C(=O)N(C2CCCCC2)C3=O)c1. The zero-order chi connectivity index (χ0) is 20.5. The van der Waals surface area contributed by atoms with E-state index in [1.54, 1.807) is 30.3 Å². The molecule has 0 radical (unpaired) electrons. The molecule has 0 bridgehead atoms. The van der Waals surface area contributed by atoms with Crippen molar-refractivity contribution in [1.82, 2.24) is 4.90 Å². The van der Waals surface area contributed by atoms with Crippen LogP contribution in [-0.4, -0.2) is 28.8 Å². The lowest BCUT2D eigenvalue weighted by atomic mass is 9.94. The third kappa shape index (κ3) is 3.68. The number of anilines is 3. The van der Waals surface area contributed by atoms with Crippen LogP contribution in [0.2, 0.25) is 0 Å². The second-order valence-corrected chi connectivity index (χ2v) is 7.70. The van der Waals surface area contributed by atoms with Crippen molar-refractivity contribution in [2.45, 2.75) is 45.1 Å². The molecule has 4 rings (SSSR count). The fourth-order valence-corrected chi connectivity index (χ4v) is 4.07. The predicted molar refractivity (Wildman–Crippen MR) is 112 cm³/mol. The molecule has 4 N–H and O–H groups in total. The molecular formula is C22H24N4O3. The van der Waals surface area contributed by atoms with E-state index in [0.29, 0.717) is 28.2 Å². The van der Waals surface area contributed by atoms with E-state index in [1.165, 1.54) is 4.90 Å². The fourth-order valence-electron chi connectivity index (χ4n) is 4.07. The third-order valence-corrected chi connectivity index (χ3v) is 5.57. The minimum absolute atomic E-state index is 0.0276. The molecule has 1 heterocycles. The molecule has 7 heteroatoms. The van der Waals surface area contributed by atoms with Gasteiger partial charge in [-0.3, -0.25) is 14.5 Å². The van der Waals surface area contributed by atoms with Crippen LogP contribution in [0.3, 0.4) is 0 Å². The van der Waals surface area contributed by atoms with E-state index in [4.69, 9.17) is 5.73 Å². The lowest BCUT2D eigenvalue weighted by molar-refractivity contribution is 0.0549. The number of hydrogen-bond donors (Lipinski definition) is 3. The first-order valence-corrected chi connectivity index (χ1v) is 9.90. The van der Waals surface area contributed by atoms with Crippen molar-refractivity contribution in [3.63, 3.8) is 0 Å². The quantitative estimate of drug-likeness (QED) is 0.539. The maximum absolute atomic E-state index is 12.9. The smallest absolute Gasteiger partial charge is 0.323 e. The molecule has 2 aromatic carbocycles. The standard InChI is InChI=1S/C22H24N4O3/c1-13-7-10-18(23)19(11-13)25-22(29)24-14-8-9-16-17(12-14)21(28)26(20(16)27)15-5-3-2-4-6-15/h7-12,15H,2-6,23H2,1H3,(H2,24,25,29). The Hall–Kier alpha value is -3.35. The molecule has 29 heavy (non-hydrogen) atoms. The first kappa shape index (κ1) is 19.0. The number of amides is 4. The number of nitrogen functional groups attached to an aromatic ring is 1. The summed E-state index contributed by atoms with van der Waals surface area (Å²) in [6.07, 6.45) is 4.93. The van der Waals surface area contributed by atoms with Gasteiger partial charge < -0.3 is 16.4 Å². The van der Waals surface area contributed by atoms with Crippen LogP contribution in [0.25, 0.3) is 0 Å². The van der Waals surface area contributed by atoms with Gasteiger partial charge in [-0.15, -0.1) is 0 Å². The number of carbonyl (C=O) groups excluding carboxylic acids is 3. The highest BCUT2D eigenvalue weighted by molar-refractivity contribution is 6.22. The number of aryl methyl sites for hydroxylation is 1. The Bertz CT molecular complexity index is 996. The van der Waals surface area contributed by atoms with Crippen LogP contribution < -0.4 is 16.4 Å². The number of rotatable bonds is 3. The number of nitrogens with two attached hydrogens (primary N) is 1. The highest BCUT2D eigenvalue weighted by Crippen LogP contribution is 2.32. The van der Waals surface area contributed by atoms with Crippen molar-refractivity contribution in [2.75, 3.05) is 16.4 Å². The summed E-state index contributed by atoms with van der Waals surface area (Å²) >= 11 is 0. The number of carbonyl (C=O) groups is 3. The van der Waals surface area contributed by atoms with Crippen LogP contribution in [0.1, 0.15) is 58.4 Å². The van der Waals surface area contributed by atoms with Gasteiger partial charge >= 0.3 is 6.03 Å². The first-order valence-electron chi connectivity index (χ1n) is 9.90. The average molecular weight is 392 g/mol. The minimum Gasteiger partial charge on any atom is -0.397 e. The lowest BCUT2D eigenvalue weighted by Crippen LogP contribution is -2.40. The third-order valence-electron chi connectivity index (χ3n) is 5.57. The van der Waals surface area contributed by atoms with E-state index in [0.717, 1.165) is 37.7 Å². The van der Waals surface area contributed by atoms with E-state index < -0.39 is 6.03 Å². The molecule has 4 amide bonds. The van der Waals surface area contributed by atoms with E-state index in [2.05, 4.69) is 10.6 Å². The second-order valence-electron chi connectivity index (χ2n) is 7.70. The highest BCUT2D eigenvalue weighted by atomic mass is 16.2. The second kappa shape index (κ2) is 7.58. The van der Waals surface area contributed by atoms with Crippen LogP contribution in [0.4, 0.5) is 21.9 Å². The molecule has 7 nitrogen and oxygen atoms in total. The number of benzene rings is 2. The Kier molecular flexibility index (Phi) is 4.96. The number of urea groups is 1. The molecule has 2 aromatic rings. The number of hydrogen-bond acceptors (Lipinski definition) is 4. The van der Waals surface area contributed by atoms with Crippen molar-refractivity contribution in [2.24, 2.45) is 0 Å². The van der Waals surface area contributed by atoms with Gasteiger partial charge in [0.15, 0.2) is 0 Å². The van der Waals surface area contributed by atoms with Gasteiger partial charge in [-0.05, 0) is 55.7 Å². The molecule has 150 valence electrons. The molecule has 0 atom stereocenters. The van der Waals surface area contributed by atoms with Gasteiger partial charge in [0, 0.05) is 11.7 Å².